The molecule has 85 heavy (non-hydrogen) atoms. The zero-order valence-electron chi connectivity index (χ0n) is 49.1. The van der Waals surface area contributed by atoms with Gasteiger partial charge in [0.25, 0.3) is 0 Å². The summed E-state index contributed by atoms with van der Waals surface area (Å²) in [7, 11) is 0. The number of β-amino-alcohol motifs (C(OH)–C–C–N with tert-alkyl or cyclic N) is 1. The number of hydrogen-bond donors (Lipinski definition) is 3. The number of rotatable bonds is 16. The van der Waals surface area contributed by atoms with E-state index in [-0.39, 0.29) is 84.0 Å². The van der Waals surface area contributed by atoms with Gasteiger partial charge in [-0.05, 0) is 111 Å². The lowest BCUT2D eigenvalue weighted by molar-refractivity contribution is -0.141. The number of carbonyl (C=O) groups excluding carboxylic acids is 3. The number of nitrogens with zero attached hydrogens (tertiary/aromatic N) is 10. The number of anilines is 2. The van der Waals surface area contributed by atoms with Crippen molar-refractivity contribution in [1.29, 1.82) is 0 Å². The van der Waals surface area contributed by atoms with E-state index < -0.39 is 23.9 Å². The van der Waals surface area contributed by atoms with Crippen molar-refractivity contribution in [3.8, 4) is 33.5 Å². The molecule has 0 radical (unpaired) electrons. The smallest absolute Gasteiger partial charge is 0.409 e. The van der Waals surface area contributed by atoms with Gasteiger partial charge in [-0.1, -0.05) is 81.2 Å². The summed E-state index contributed by atoms with van der Waals surface area (Å²) in [5.41, 5.74) is 6.19. The van der Waals surface area contributed by atoms with Gasteiger partial charge in [0.15, 0.2) is 17.4 Å². The summed E-state index contributed by atoms with van der Waals surface area (Å²) in [6.45, 7) is 14.4. The number of amides is 3. The Morgan fingerprint density at radius 2 is 1.71 bits per heavy atom. The standard InChI is InChI=1S/C64H76FN11O8S/c1-6-41-13-11-14-44-29-46(77)30-48(54(41)44)56-55(65)57-49(33-66-56)59(73-22-9-7-8-10-23-73)70-62(69-57)83-36-64-20-12-24-76(64)45(19-21-64)35-82-63(81)74-27-25-72(26-28-74)52-32-51(84-71-52)53(38(2)3)61(80)75-34-47(78)31-50(75)60(79)68-39(4)42-15-17-43(18-16-42)58-40(5)67-37-85-58/h11,13-18,29-30,32-33,37-39,45,47,50,53,77-78H,6-10,12,19-28,31,34-36H2,1-5H3,(H,68,79)/t39-,45?,47+,50-,53-,64+/m0/s1. The number of phenols is 1. The van der Waals surface area contributed by atoms with E-state index in [0.29, 0.717) is 61.1 Å². The number of aromatic hydroxyl groups is 1. The molecule has 19 nitrogen and oxygen atoms in total. The molecule has 3 amide bonds. The molecule has 21 heteroatoms. The van der Waals surface area contributed by atoms with Crippen LogP contribution in [0.4, 0.5) is 20.8 Å². The van der Waals surface area contributed by atoms with Gasteiger partial charge in [0.2, 0.25) is 11.8 Å². The lowest BCUT2D eigenvalue weighted by atomic mass is 9.91. The molecule has 3 N–H and O–H groups in total. The van der Waals surface area contributed by atoms with Gasteiger partial charge in [-0.2, -0.15) is 9.97 Å². The van der Waals surface area contributed by atoms with Crippen LogP contribution in [0.5, 0.6) is 11.8 Å². The molecule has 0 saturated carbocycles. The number of hydrogen-bond acceptors (Lipinski definition) is 17. The Labute approximate surface area is 498 Å². The topological polar surface area (TPSA) is 216 Å². The molecule has 1 unspecified atom stereocenters. The number of aryl methyl sites for hydroxylation is 2. The molecule has 0 spiro atoms. The molecule has 7 aromatic rings. The van der Waals surface area contributed by atoms with Gasteiger partial charge >= 0.3 is 12.1 Å². The highest BCUT2D eigenvalue weighted by atomic mass is 32.1. The van der Waals surface area contributed by atoms with E-state index in [1.807, 2.05) is 80.6 Å². The number of thiazole rings is 1. The Bertz CT molecular complexity index is 3580. The Hall–Kier alpha value is -7.49. The summed E-state index contributed by atoms with van der Waals surface area (Å²) >= 11 is 1.58. The molecule has 5 aliphatic heterocycles. The van der Waals surface area contributed by atoms with Crippen LogP contribution in [0.25, 0.3) is 43.4 Å². The van der Waals surface area contributed by atoms with Crippen LogP contribution >= 0.6 is 11.3 Å². The number of likely N-dealkylation sites (tertiary alicyclic amines) is 1. The van der Waals surface area contributed by atoms with Crippen molar-refractivity contribution < 1.29 is 43.0 Å². The maximum atomic E-state index is 17.3. The lowest BCUT2D eigenvalue weighted by Crippen LogP contribution is -2.50. The third-order valence-electron chi connectivity index (χ3n) is 18.4. The molecule has 4 aromatic heterocycles. The van der Waals surface area contributed by atoms with E-state index in [9.17, 15) is 24.6 Å². The van der Waals surface area contributed by atoms with Gasteiger partial charge in [-0.3, -0.25) is 19.5 Å². The average molecular weight is 1180 g/mol. The van der Waals surface area contributed by atoms with E-state index in [0.717, 1.165) is 115 Å². The largest absolute Gasteiger partial charge is 0.508 e. The first kappa shape index (κ1) is 57.9. The second-order valence-electron chi connectivity index (χ2n) is 24.2. The van der Waals surface area contributed by atoms with Crippen LogP contribution in [-0.4, -0.2) is 157 Å². The quantitative estimate of drug-likeness (QED) is 0.0820. The van der Waals surface area contributed by atoms with E-state index >= 15 is 4.39 Å². The molecule has 448 valence electrons. The van der Waals surface area contributed by atoms with Crippen molar-refractivity contribution in [3.05, 3.63) is 101 Å². The minimum Gasteiger partial charge on any atom is -0.508 e. The molecular formula is C64H76FN11O8S. The summed E-state index contributed by atoms with van der Waals surface area (Å²) in [4.78, 5) is 71.9. The van der Waals surface area contributed by atoms with Gasteiger partial charge in [0.1, 0.15) is 48.0 Å². The van der Waals surface area contributed by atoms with E-state index in [1.54, 1.807) is 40.6 Å². The first-order chi connectivity index (χ1) is 41.2. The molecular weight excluding hydrogens is 1100 g/mol. The molecule has 5 saturated heterocycles. The Balaban J connectivity index is 0.665. The highest BCUT2D eigenvalue weighted by molar-refractivity contribution is 7.13. The number of fused-ring (bicyclic) bond motifs is 3. The maximum absolute atomic E-state index is 17.3. The molecule has 5 aliphatic rings. The van der Waals surface area contributed by atoms with Gasteiger partial charge < -0.3 is 49.1 Å². The predicted molar refractivity (Wildman–Crippen MR) is 323 cm³/mol. The molecule has 12 rings (SSSR count). The average Bonchev–Trinajstić information content (AvgIpc) is 2.80. The number of halogens is 1. The maximum Gasteiger partial charge on any atom is 0.409 e. The minimum atomic E-state index is -0.864. The van der Waals surface area contributed by atoms with Crippen molar-refractivity contribution in [2.75, 3.05) is 75.4 Å². The van der Waals surface area contributed by atoms with Crippen molar-refractivity contribution in [2.24, 2.45) is 5.92 Å². The monoisotopic (exact) mass is 1180 g/mol. The van der Waals surface area contributed by atoms with Crippen molar-refractivity contribution in [1.82, 2.24) is 45.1 Å². The fraction of sp³-hybridized carbons (Fsp3) is 0.500. The molecule has 6 atom stereocenters. The molecule has 0 aliphatic carbocycles. The first-order valence-electron chi connectivity index (χ1n) is 30.3. The number of aliphatic hydroxyl groups is 1. The number of nitrogens with one attached hydrogen (secondary N) is 1. The summed E-state index contributed by atoms with van der Waals surface area (Å²) in [5.74, 6) is -0.660. The zero-order valence-corrected chi connectivity index (χ0v) is 50.0. The fourth-order valence-corrected chi connectivity index (χ4v) is 14.6. The minimum absolute atomic E-state index is 0.0115. The van der Waals surface area contributed by atoms with Gasteiger partial charge in [0.05, 0.1) is 39.2 Å². The third kappa shape index (κ3) is 11.6. The summed E-state index contributed by atoms with van der Waals surface area (Å²) in [6.07, 6.45) is 8.95. The number of ether oxygens (including phenoxy) is 2. The van der Waals surface area contributed by atoms with Crippen molar-refractivity contribution in [2.45, 2.75) is 135 Å². The summed E-state index contributed by atoms with van der Waals surface area (Å²) in [6, 6.07) is 17.8. The molecule has 5 fully saturated rings. The van der Waals surface area contributed by atoms with Gasteiger partial charge in [0, 0.05) is 76.1 Å². The van der Waals surface area contributed by atoms with Crippen LogP contribution in [-0.2, 0) is 20.7 Å². The second-order valence-corrected chi connectivity index (χ2v) is 25.0. The van der Waals surface area contributed by atoms with E-state index in [2.05, 4.69) is 32.2 Å². The number of aliphatic hydroxyl groups excluding tert-OH is 1. The summed E-state index contributed by atoms with van der Waals surface area (Å²) < 4.78 is 35.9. The van der Waals surface area contributed by atoms with Crippen LogP contribution in [0.2, 0.25) is 0 Å². The Morgan fingerprint density at radius 1 is 0.918 bits per heavy atom. The van der Waals surface area contributed by atoms with Crippen molar-refractivity contribution >= 4 is 62.6 Å². The van der Waals surface area contributed by atoms with E-state index in [4.69, 9.17) is 28.9 Å². The summed E-state index contributed by atoms with van der Waals surface area (Å²) in [5, 5.41) is 31.3. The van der Waals surface area contributed by atoms with E-state index in [1.165, 1.54) is 4.90 Å². The van der Waals surface area contributed by atoms with Crippen LogP contribution in [0.1, 0.15) is 120 Å². The second kappa shape index (κ2) is 24.5. The SMILES string of the molecule is CCc1cccc2cc(O)cc(-c3ncc4c(N5CCCCCC5)nc(OC[C@]56CCCN5C(COC(=O)N5CCN(c7cc([C@@H](C(=O)N8C[C@H](O)C[C@H]8C(=O)N[C@@H](C)c8ccc(-c9scnc9C)cc8)C(C)C)on7)CC5)CC6)nc4c3F)c12. The highest BCUT2D eigenvalue weighted by Crippen LogP contribution is 2.44. The number of pyridine rings is 1. The Morgan fingerprint density at radius 3 is 2.45 bits per heavy atom. The number of phenolic OH excluding ortho intramolecular Hbond substituents is 1. The van der Waals surface area contributed by atoms with Crippen LogP contribution in [0.15, 0.2) is 76.9 Å². The Kier molecular flexibility index (Phi) is 16.7. The first-order valence-corrected chi connectivity index (χ1v) is 31.2. The lowest BCUT2D eigenvalue weighted by Gasteiger charge is -2.36. The van der Waals surface area contributed by atoms with Crippen LogP contribution < -0.4 is 19.9 Å². The van der Waals surface area contributed by atoms with Crippen LogP contribution in [0, 0.1) is 18.7 Å². The normalized spacial score (nSPS) is 21.9. The number of aromatic nitrogens is 5. The number of benzene rings is 3. The molecule has 3 aromatic carbocycles. The predicted octanol–water partition coefficient (Wildman–Crippen LogP) is 9.97. The van der Waals surface area contributed by atoms with Crippen molar-refractivity contribution in [3.63, 3.8) is 0 Å². The van der Waals surface area contributed by atoms with Crippen LogP contribution in [0.3, 0.4) is 0 Å². The zero-order chi connectivity index (χ0) is 59.1. The number of piperazine rings is 1. The fourth-order valence-electron chi connectivity index (χ4n) is 13.8. The number of carbonyl (C=O) groups is 3. The third-order valence-corrected chi connectivity index (χ3v) is 19.4. The van der Waals surface area contributed by atoms with Gasteiger partial charge in [-0.25, -0.2) is 14.2 Å². The molecule has 9 heterocycles. The van der Waals surface area contributed by atoms with Gasteiger partial charge in [-0.15, -0.1) is 11.3 Å². The molecule has 0 bridgehead atoms. The highest BCUT2D eigenvalue weighted by Gasteiger charge is 2.51.